The molecule has 0 saturated heterocycles. The fraction of sp³-hybridized carbons (Fsp3) is 0. The summed E-state index contributed by atoms with van der Waals surface area (Å²) < 4.78 is 7.89. The Morgan fingerprint density at radius 3 is 2.17 bits per heavy atom. The average Bonchev–Trinajstić information content (AvgIpc) is 2.66. The molecule has 6 nitrogen and oxygen atoms in total. The molecule has 1 heterocycles. The van der Waals surface area contributed by atoms with E-state index in [9.17, 15) is 9.59 Å². The summed E-state index contributed by atoms with van der Waals surface area (Å²) in [5.74, 6) is -1.15. The second kappa shape index (κ2) is 6.09. The lowest BCUT2D eigenvalue weighted by atomic mass is 10.1. The van der Waals surface area contributed by atoms with Gasteiger partial charge < -0.3 is 9.47 Å². The van der Waals surface area contributed by atoms with E-state index in [-0.39, 0.29) is 12.9 Å². The molecule has 1 aliphatic heterocycles. The Morgan fingerprint density at radius 2 is 1.67 bits per heavy atom. The van der Waals surface area contributed by atoms with Crippen molar-refractivity contribution in [2.75, 3.05) is 0 Å². The molecule has 0 amide bonds. The van der Waals surface area contributed by atoms with Gasteiger partial charge >= 0.3 is 24.9 Å². The highest BCUT2D eigenvalue weighted by Gasteiger charge is 2.29. The minimum Gasteiger partial charge on any atom is -0.398 e. The van der Waals surface area contributed by atoms with E-state index >= 15 is 0 Å². The van der Waals surface area contributed by atoms with Gasteiger partial charge in [0.25, 0.3) is 0 Å². The number of carbonyl (C=O) groups excluding carboxylic acids is 4. The number of esters is 2. The molecule has 0 saturated carbocycles. The van der Waals surface area contributed by atoms with Crippen LogP contribution in [0.25, 0.3) is 6.08 Å². The van der Waals surface area contributed by atoms with Crippen LogP contribution in [0.15, 0.2) is 24.8 Å². The van der Waals surface area contributed by atoms with Gasteiger partial charge in [0, 0.05) is 0 Å². The molecule has 1 aromatic rings. The first-order chi connectivity index (χ1) is 8.63. The van der Waals surface area contributed by atoms with Gasteiger partial charge in [0.1, 0.15) is 0 Å². The van der Waals surface area contributed by atoms with Crippen LogP contribution in [0.4, 0.5) is 0 Å². The molecular formula is C12H8O6. The van der Waals surface area contributed by atoms with Crippen LogP contribution in [-0.2, 0) is 19.1 Å². The topological polar surface area (TPSA) is 86.7 Å². The van der Waals surface area contributed by atoms with Crippen LogP contribution >= 0.6 is 0 Å². The molecule has 6 heteroatoms. The van der Waals surface area contributed by atoms with Crippen LogP contribution in [0, 0.1) is 0 Å². The van der Waals surface area contributed by atoms with E-state index in [0.717, 1.165) is 5.56 Å². The Kier molecular flexibility index (Phi) is 4.50. The third-order valence-corrected chi connectivity index (χ3v) is 2.02. The minimum atomic E-state index is -0.580. The van der Waals surface area contributed by atoms with Crippen molar-refractivity contribution in [1.82, 2.24) is 0 Å². The van der Waals surface area contributed by atoms with Crippen molar-refractivity contribution in [2.24, 2.45) is 0 Å². The fourth-order valence-corrected chi connectivity index (χ4v) is 1.25. The van der Waals surface area contributed by atoms with Crippen LogP contribution < -0.4 is 0 Å². The molecule has 0 fully saturated rings. The van der Waals surface area contributed by atoms with E-state index in [1.807, 2.05) is 0 Å². The third kappa shape index (κ3) is 2.88. The fourth-order valence-electron chi connectivity index (χ4n) is 1.25. The van der Waals surface area contributed by atoms with E-state index in [1.165, 1.54) is 0 Å². The summed E-state index contributed by atoms with van der Waals surface area (Å²) in [6, 6.07) is 4.88. The molecule has 0 N–H and O–H groups in total. The molecule has 1 aliphatic rings. The minimum absolute atomic E-state index is 0.0625. The Balaban J connectivity index is 0.000000280. The van der Waals surface area contributed by atoms with Crippen LogP contribution in [0.1, 0.15) is 26.3 Å². The maximum Gasteiger partial charge on any atom is 0.346 e. The van der Waals surface area contributed by atoms with Crippen molar-refractivity contribution in [3.05, 3.63) is 41.5 Å². The SMILES string of the molecule is C=Cc1ccc2c(c1)C(=O)OC2=O.O=COC=O. The maximum atomic E-state index is 11.1. The molecule has 0 atom stereocenters. The number of hydrogen-bond acceptors (Lipinski definition) is 6. The summed E-state index contributed by atoms with van der Waals surface area (Å²) in [7, 11) is 0. The van der Waals surface area contributed by atoms with Gasteiger partial charge in [0.15, 0.2) is 0 Å². The van der Waals surface area contributed by atoms with Crippen LogP contribution in [-0.4, -0.2) is 24.9 Å². The molecule has 0 spiro atoms. The first-order valence-electron chi connectivity index (χ1n) is 4.69. The van der Waals surface area contributed by atoms with Gasteiger partial charge in [-0.1, -0.05) is 18.7 Å². The van der Waals surface area contributed by atoms with Crippen LogP contribution in [0.3, 0.4) is 0 Å². The zero-order valence-electron chi connectivity index (χ0n) is 9.12. The van der Waals surface area contributed by atoms with Crippen LogP contribution in [0.5, 0.6) is 0 Å². The van der Waals surface area contributed by atoms with Crippen LogP contribution in [0.2, 0.25) is 0 Å². The third-order valence-electron chi connectivity index (χ3n) is 2.02. The zero-order valence-corrected chi connectivity index (χ0v) is 9.12. The van der Waals surface area contributed by atoms with E-state index in [0.29, 0.717) is 11.1 Å². The van der Waals surface area contributed by atoms with Crippen molar-refractivity contribution in [3.63, 3.8) is 0 Å². The lowest BCUT2D eigenvalue weighted by Crippen LogP contribution is -1.96. The van der Waals surface area contributed by atoms with E-state index in [2.05, 4.69) is 16.1 Å². The van der Waals surface area contributed by atoms with Crippen molar-refractivity contribution in [1.29, 1.82) is 0 Å². The predicted octanol–water partition coefficient (Wildman–Crippen LogP) is 0.956. The molecular weight excluding hydrogens is 240 g/mol. The maximum absolute atomic E-state index is 11.1. The summed E-state index contributed by atoms with van der Waals surface area (Å²) in [6.07, 6.45) is 1.61. The first-order valence-corrected chi connectivity index (χ1v) is 4.69. The summed E-state index contributed by atoms with van der Waals surface area (Å²) in [5.41, 5.74) is 1.45. The molecule has 0 unspecified atom stereocenters. The highest BCUT2D eigenvalue weighted by molar-refractivity contribution is 6.14. The first kappa shape index (κ1) is 13.3. The lowest BCUT2D eigenvalue weighted by molar-refractivity contribution is -0.141. The summed E-state index contributed by atoms with van der Waals surface area (Å²) in [6.45, 7) is 3.69. The standard InChI is InChI=1S/C10H6O3.C2H2O3/c1-2-6-3-4-7-8(5-6)10(12)13-9(7)11;3-1-5-2-4/h2-5H,1H2;1-2H. The number of cyclic esters (lactones) is 2. The number of ether oxygens (including phenoxy) is 2. The van der Waals surface area contributed by atoms with Gasteiger partial charge in [0.05, 0.1) is 11.1 Å². The summed E-state index contributed by atoms with van der Waals surface area (Å²) >= 11 is 0. The van der Waals surface area contributed by atoms with Gasteiger partial charge in [-0.2, -0.15) is 0 Å². The molecule has 1 aromatic carbocycles. The Hall–Kier alpha value is -2.76. The summed E-state index contributed by atoms with van der Waals surface area (Å²) in [5, 5.41) is 0. The van der Waals surface area contributed by atoms with Gasteiger partial charge in [-0.15, -0.1) is 0 Å². The van der Waals surface area contributed by atoms with Gasteiger partial charge in [-0.25, -0.2) is 9.59 Å². The van der Waals surface area contributed by atoms with E-state index in [4.69, 9.17) is 9.59 Å². The summed E-state index contributed by atoms with van der Waals surface area (Å²) in [4.78, 5) is 40.0. The van der Waals surface area contributed by atoms with Crippen molar-refractivity contribution < 1.29 is 28.7 Å². The normalized spacial score (nSPS) is 11.6. The van der Waals surface area contributed by atoms with Crippen molar-refractivity contribution in [2.45, 2.75) is 0 Å². The average molecular weight is 248 g/mol. The lowest BCUT2D eigenvalue weighted by Gasteiger charge is -1.93. The monoisotopic (exact) mass is 248 g/mol. The van der Waals surface area contributed by atoms with Gasteiger partial charge in [-0.05, 0) is 17.7 Å². The second-order valence-electron chi connectivity index (χ2n) is 3.01. The zero-order chi connectivity index (χ0) is 13.5. The van der Waals surface area contributed by atoms with Crippen molar-refractivity contribution >= 4 is 31.0 Å². The Morgan fingerprint density at radius 1 is 1.06 bits per heavy atom. The molecule has 2 rings (SSSR count). The second-order valence-corrected chi connectivity index (χ2v) is 3.01. The number of hydrogen-bond donors (Lipinski definition) is 0. The Labute approximate surface area is 102 Å². The Bertz CT molecular complexity index is 511. The van der Waals surface area contributed by atoms with E-state index in [1.54, 1.807) is 24.3 Å². The highest BCUT2D eigenvalue weighted by Crippen LogP contribution is 2.21. The number of fused-ring (bicyclic) bond motifs is 1. The molecule has 0 aliphatic carbocycles. The molecule has 0 bridgehead atoms. The number of rotatable bonds is 3. The number of benzene rings is 1. The molecule has 0 radical (unpaired) electrons. The predicted molar refractivity (Wildman–Crippen MR) is 59.5 cm³/mol. The highest BCUT2D eigenvalue weighted by atomic mass is 16.6. The smallest absolute Gasteiger partial charge is 0.346 e. The van der Waals surface area contributed by atoms with Gasteiger partial charge in [-0.3, -0.25) is 9.59 Å². The van der Waals surface area contributed by atoms with Crippen molar-refractivity contribution in [3.8, 4) is 0 Å². The molecule has 18 heavy (non-hydrogen) atoms. The number of carbonyl (C=O) groups is 4. The quantitative estimate of drug-likeness (QED) is 0.449. The molecule has 0 aromatic heterocycles. The molecule has 92 valence electrons. The van der Waals surface area contributed by atoms with E-state index < -0.39 is 11.9 Å². The largest absolute Gasteiger partial charge is 0.398 e. The van der Waals surface area contributed by atoms with Gasteiger partial charge in [0.2, 0.25) is 0 Å².